The zero-order chi connectivity index (χ0) is 19.1. The van der Waals surface area contributed by atoms with Crippen LogP contribution in [0, 0.1) is 11.3 Å². The number of guanidine groups is 1. The lowest BCUT2D eigenvalue weighted by molar-refractivity contribution is -0.140. The third-order valence-electron chi connectivity index (χ3n) is 6.14. The van der Waals surface area contributed by atoms with Crippen molar-refractivity contribution in [2.24, 2.45) is 16.3 Å². The summed E-state index contributed by atoms with van der Waals surface area (Å²) in [7, 11) is 0. The molecule has 2 N–H and O–H groups in total. The Morgan fingerprint density at radius 1 is 1.41 bits per heavy atom. The van der Waals surface area contributed by atoms with E-state index in [1.807, 2.05) is 6.92 Å². The molecule has 2 aliphatic carbocycles. The van der Waals surface area contributed by atoms with E-state index in [9.17, 15) is 13.2 Å². The minimum atomic E-state index is -4.40. The first-order valence-electron chi connectivity index (χ1n) is 9.62. The Morgan fingerprint density at radius 3 is 2.85 bits per heavy atom. The molecule has 1 spiro atoms. The number of alkyl halides is 3. The van der Waals surface area contributed by atoms with E-state index in [1.54, 1.807) is 0 Å². The van der Waals surface area contributed by atoms with Crippen LogP contribution in [-0.2, 0) is 17.5 Å². The number of hydrogen-bond donors (Lipinski definition) is 2. The fourth-order valence-electron chi connectivity index (χ4n) is 5.03. The van der Waals surface area contributed by atoms with E-state index < -0.39 is 11.9 Å². The number of aromatic nitrogens is 1. The van der Waals surface area contributed by atoms with Crippen molar-refractivity contribution in [3.05, 3.63) is 16.1 Å². The molecule has 1 saturated heterocycles. The molecule has 3 fully saturated rings. The van der Waals surface area contributed by atoms with Crippen LogP contribution in [0.25, 0.3) is 0 Å². The lowest BCUT2D eigenvalue weighted by atomic mass is 9.54. The number of rotatable bonds is 4. The van der Waals surface area contributed by atoms with Crippen molar-refractivity contribution < 1.29 is 17.9 Å². The molecule has 1 aromatic heterocycles. The molecule has 0 aromatic carbocycles. The van der Waals surface area contributed by atoms with Gasteiger partial charge in [-0.1, -0.05) is 12.8 Å². The summed E-state index contributed by atoms with van der Waals surface area (Å²) in [6.45, 7) is 3.64. The van der Waals surface area contributed by atoms with Gasteiger partial charge < -0.3 is 15.4 Å². The quantitative estimate of drug-likeness (QED) is 0.597. The van der Waals surface area contributed by atoms with E-state index >= 15 is 0 Å². The van der Waals surface area contributed by atoms with Gasteiger partial charge in [-0.2, -0.15) is 13.2 Å². The van der Waals surface area contributed by atoms with E-state index in [0.29, 0.717) is 35.6 Å². The first-order valence-corrected chi connectivity index (χ1v) is 10.5. The molecule has 0 bridgehead atoms. The number of hydrogen-bond acceptors (Lipinski definition) is 4. The molecule has 2 heterocycles. The van der Waals surface area contributed by atoms with Crippen LogP contribution in [0.4, 0.5) is 13.2 Å². The Balaban J connectivity index is 1.46. The van der Waals surface area contributed by atoms with Crippen LogP contribution < -0.4 is 10.6 Å². The van der Waals surface area contributed by atoms with Gasteiger partial charge in [0.2, 0.25) is 0 Å². The molecule has 3 atom stereocenters. The third kappa shape index (κ3) is 3.44. The number of thiazole rings is 1. The molecular formula is C18H25F3N4OS. The van der Waals surface area contributed by atoms with E-state index in [4.69, 9.17) is 4.74 Å². The first-order chi connectivity index (χ1) is 12.9. The Bertz CT molecular complexity index is 699. The third-order valence-corrected chi connectivity index (χ3v) is 6.97. The molecule has 1 aliphatic heterocycles. The van der Waals surface area contributed by atoms with Gasteiger partial charge in [0.25, 0.3) is 0 Å². The Labute approximate surface area is 160 Å². The van der Waals surface area contributed by atoms with Gasteiger partial charge in [-0.05, 0) is 26.2 Å². The van der Waals surface area contributed by atoms with E-state index in [0.717, 1.165) is 29.7 Å². The highest BCUT2D eigenvalue weighted by Crippen LogP contribution is 2.60. The summed E-state index contributed by atoms with van der Waals surface area (Å²) in [5, 5.41) is 8.22. The molecule has 3 aliphatic rings. The molecule has 9 heteroatoms. The SMILES string of the molecule is CCNC(=NCc1nc(C(F)(F)F)cs1)NC1C2CCOC2C12CCCC2. The number of nitrogens with zero attached hydrogens (tertiary/aromatic N) is 2. The molecule has 5 nitrogen and oxygen atoms in total. The summed E-state index contributed by atoms with van der Waals surface area (Å²) in [5.41, 5.74) is -0.646. The summed E-state index contributed by atoms with van der Waals surface area (Å²) >= 11 is 0.996. The van der Waals surface area contributed by atoms with Crippen molar-refractivity contribution in [3.63, 3.8) is 0 Å². The van der Waals surface area contributed by atoms with Crippen LogP contribution in [0.2, 0.25) is 0 Å². The van der Waals surface area contributed by atoms with Crippen LogP contribution >= 0.6 is 11.3 Å². The summed E-state index contributed by atoms with van der Waals surface area (Å²) in [6.07, 6.45) is 1.83. The van der Waals surface area contributed by atoms with E-state index in [1.165, 1.54) is 25.7 Å². The zero-order valence-corrected chi connectivity index (χ0v) is 16.1. The van der Waals surface area contributed by atoms with Crippen LogP contribution in [0.3, 0.4) is 0 Å². The van der Waals surface area contributed by atoms with Crippen LogP contribution in [0.15, 0.2) is 10.4 Å². The van der Waals surface area contributed by atoms with Crippen molar-refractivity contribution in [1.82, 2.24) is 15.6 Å². The van der Waals surface area contributed by atoms with E-state index in [2.05, 4.69) is 20.6 Å². The van der Waals surface area contributed by atoms with Gasteiger partial charge in [-0.15, -0.1) is 11.3 Å². The number of fused-ring (bicyclic) bond motifs is 2. The fourth-order valence-corrected chi connectivity index (χ4v) is 5.76. The Morgan fingerprint density at radius 2 is 2.19 bits per heavy atom. The lowest BCUT2D eigenvalue weighted by Crippen LogP contribution is -2.69. The van der Waals surface area contributed by atoms with Crippen LogP contribution in [-0.4, -0.2) is 36.2 Å². The maximum Gasteiger partial charge on any atom is 0.434 e. The van der Waals surface area contributed by atoms with Crippen molar-refractivity contribution in [2.45, 2.75) is 63.9 Å². The summed E-state index contributed by atoms with van der Waals surface area (Å²) in [4.78, 5) is 8.17. The topological polar surface area (TPSA) is 58.5 Å². The second kappa shape index (κ2) is 7.24. The standard InChI is InChI=1S/C18H25F3N4OS/c1-2-22-16(23-9-13-24-12(10-27-13)18(19,20)21)25-14-11-5-8-26-15(11)17(14)6-3-4-7-17/h10-11,14-15H,2-9H2,1H3,(H2,22,23,25). The van der Waals surface area contributed by atoms with Gasteiger partial charge in [-0.3, -0.25) is 0 Å². The average Bonchev–Trinajstić information content (AvgIpc) is 3.36. The minimum absolute atomic E-state index is 0.139. The number of nitrogens with one attached hydrogen (secondary N) is 2. The van der Waals surface area contributed by atoms with Crippen molar-refractivity contribution >= 4 is 17.3 Å². The van der Waals surface area contributed by atoms with Gasteiger partial charge in [0, 0.05) is 35.9 Å². The Kier molecular flexibility index (Phi) is 5.09. The highest BCUT2D eigenvalue weighted by molar-refractivity contribution is 7.09. The van der Waals surface area contributed by atoms with Crippen LogP contribution in [0.5, 0.6) is 0 Å². The second-order valence-corrected chi connectivity index (χ2v) is 8.57. The molecule has 150 valence electrons. The van der Waals surface area contributed by atoms with Crippen LogP contribution in [0.1, 0.15) is 49.7 Å². The summed E-state index contributed by atoms with van der Waals surface area (Å²) in [5.74, 6) is 1.16. The molecular weight excluding hydrogens is 377 g/mol. The monoisotopic (exact) mass is 402 g/mol. The van der Waals surface area contributed by atoms with Crippen molar-refractivity contribution in [2.75, 3.05) is 13.2 Å². The highest BCUT2D eigenvalue weighted by Gasteiger charge is 2.65. The van der Waals surface area contributed by atoms with Gasteiger partial charge in [0.1, 0.15) is 5.01 Å². The first kappa shape index (κ1) is 19.0. The zero-order valence-electron chi connectivity index (χ0n) is 15.3. The molecule has 0 amide bonds. The maximum atomic E-state index is 12.7. The van der Waals surface area contributed by atoms with Gasteiger partial charge in [0.05, 0.1) is 12.6 Å². The predicted molar refractivity (Wildman–Crippen MR) is 97.6 cm³/mol. The Hall–Kier alpha value is -1.35. The minimum Gasteiger partial charge on any atom is -0.377 e. The number of halogens is 3. The van der Waals surface area contributed by atoms with Crippen molar-refractivity contribution in [1.29, 1.82) is 0 Å². The fraction of sp³-hybridized carbons (Fsp3) is 0.778. The van der Waals surface area contributed by atoms with Gasteiger partial charge in [0.15, 0.2) is 11.7 Å². The van der Waals surface area contributed by atoms with Crippen molar-refractivity contribution in [3.8, 4) is 0 Å². The number of ether oxygens (including phenoxy) is 1. The number of aliphatic imine (C=N–C) groups is 1. The molecule has 0 radical (unpaired) electrons. The van der Waals surface area contributed by atoms with Gasteiger partial charge in [-0.25, -0.2) is 9.98 Å². The predicted octanol–water partition coefficient (Wildman–Crippen LogP) is 3.56. The molecule has 2 saturated carbocycles. The molecule has 4 rings (SSSR count). The smallest absolute Gasteiger partial charge is 0.377 e. The second-order valence-electron chi connectivity index (χ2n) is 7.63. The molecule has 1 aromatic rings. The lowest BCUT2D eigenvalue weighted by Gasteiger charge is -2.57. The van der Waals surface area contributed by atoms with Gasteiger partial charge >= 0.3 is 6.18 Å². The summed E-state index contributed by atoms with van der Waals surface area (Å²) < 4.78 is 44.1. The summed E-state index contributed by atoms with van der Waals surface area (Å²) in [6, 6.07) is 0.326. The average molecular weight is 402 g/mol. The highest BCUT2D eigenvalue weighted by atomic mass is 32.1. The maximum absolute atomic E-state index is 12.7. The normalized spacial score (nSPS) is 29.6. The largest absolute Gasteiger partial charge is 0.434 e. The van der Waals surface area contributed by atoms with E-state index in [-0.39, 0.29) is 12.0 Å². The molecule has 3 unspecified atom stereocenters. The molecule has 27 heavy (non-hydrogen) atoms.